The first-order chi connectivity index (χ1) is 8.80. The predicted molar refractivity (Wildman–Crippen MR) is 72.6 cm³/mol. The Bertz CT molecular complexity index is 435. The van der Waals surface area contributed by atoms with Gasteiger partial charge < -0.3 is 5.73 Å². The third kappa shape index (κ3) is 4.64. The number of nitrogens with two attached hydrogens (primary N) is 1. The zero-order chi connectivity index (χ0) is 14.1. The van der Waals surface area contributed by atoms with Crippen molar-refractivity contribution in [3.05, 3.63) is 18.0 Å². The zero-order valence-corrected chi connectivity index (χ0v) is 12.2. The van der Waals surface area contributed by atoms with Crippen molar-refractivity contribution in [1.82, 2.24) is 14.7 Å². The summed E-state index contributed by atoms with van der Waals surface area (Å²) in [5.74, 6) is 0. The van der Waals surface area contributed by atoms with Crippen molar-refractivity contribution in [1.29, 1.82) is 0 Å². The summed E-state index contributed by atoms with van der Waals surface area (Å²) in [6.07, 6.45) is -0.231. The van der Waals surface area contributed by atoms with Gasteiger partial charge in [-0.15, -0.1) is 12.4 Å². The fourth-order valence-electron chi connectivity index (χ4n) is 2.44. The smallest absolute Gasteiger partial charge is 0.330 e. The number of alkyl halides is 3. The van der Waals surface area contributed by atoms with Gasteiger partial charge in [0.15, 0.2) is 0 Å². The van der Waals surface area contributed by atoms with Gasteiger partial charge in [-0.1, -0.05) is 6.92 Å². The number of hydrogen-bond acceptors (Lipinski definition) is 3. The van der Waals surface area contributed by atoms with Crippen LogP contribution in [0.25, 0.3) is 0 Å². The van der Waals surface area contributed by atoms with Gasteiger partial charge in [-0.05, 0) is 24.9 Å². The van der Waals surface area contributed by atoms with Crippen molar-refractivity contribution < 1.29 is 13.2 Å². The van der Waals surface area contributed by atoms with Gasteiger partial charge in [-0.3, -0.25) is 9.58 Å². The lowest BCUT2D eigenvalue weighted by molar-refractivity contribution is -0.142. The molecule has 20 heavy (non-hydrogen) atoms. The molecule has 4 nitrogen and oxygen atoms in total. The molecule has 8 heteroatoms. The highest BCUT2D eigenvalue weighted by Crippen LogP contribution is 2.29. The van der Waals surface area contributed by atoms with E-state index in [1.54, 1.807) is 0 Å². The summed E-state index contributed by atoms with van der Waals surface area (Å²) < 4.78 is 37.6. The molecule has 1 aromatic heterocycles. The average Bonchev–Trinajstić information content (AvgIpc) is 2.86. The largest absolute Gasteiger partial charge is 0.408 e. The van der Waals surface area contributed by atoms with Gasteiger partial charge in [0.1, 0.15) is 6.54 Å². The molecule has 1 saturated heterocycles. The summed E-state index contributed by atoms with van der Waals surface area (Å²) in [6.45, 7) is 4.18. The highest BCUT2D eigenvalue weighted by Gasteiger charge is 2.32. The Morgan fingerprint density at radius 3 is 2.70 bits per heavy atom. The van der Waals surface area contributed by atoms with Crippen molar-refractivity contribution in [2.75, 3.05) is 19.6 Å². The van der Waals surface area contributed by atoms with Crippen molar-refractivity contribution >= 4 is 12.4 Å². The SMILES string of the molecule is CC1(CN)CCN(Cc2cnn(CC(F)(F)F)c2)C1.Cl. The second-order valence-corrected chi connectivity index (χ2v) is 5.64. The molecule has 0 radical (unpaired) electrons. The molecule has 1 aromatic rings. The lowest BCUT2D eigenvalue weighted by Crippen LogP contribution is -2.31. The second-order valence-electron chi connectivity index (χ2n) is 5.64. The van der Waals surface area contributed by atoms with Crippen LogP contribution in [0, 0.1) is 5.41 Å². The van der Waals surface area contributed by atoms with Crippen LogP contribution in [0.5, 0.6) is 0 Å². The molecule has 0 amide bonds. The topological polar surface area (TPSA) is 47.1 Å². The number of rotatable bonds is 4. The van der Waals surface area contributed by atoms with E-state index < -0.39 is 12.7 Å². The van der Waals surface area contributed by atoms with Gasteiger partial charge in [0.2, 0.25) is 0 Å². The molecule has 116 valence electrons. The molecule has 0 spiro atoms. The first kappa shape index (κ1) is 17.3. The van der Waals surface area contributed by atoms with Crippen molar-refractivity contribution in [2.24, 2.45) is 11.1 Å². The Morgan fingerprint density at radius 2 is 2.15 bits per heavy atom. The molecule has 0 bridgehead atoms. The second kappa shape index (κ2) is 6.32. The molecule has 2 N–H and O–H groups in total. The summed E-state index contributed by atoms with van der Waals surface area (Å²) in [4.78, 5) is 2.21. The molecule has 1 unspecified atom stereocenters. The molecular formula is C12H20ClF3N4. The Labute approximate surface area is 122 Å². The third-order valence-corrected chi connectivity index (χ3v) is 3.56. The molecule has 2 heterocycles. The van der Waals surface area contributed by atoms with Gasteiger partial charge in [-0.2, -0.15) is 18.3 Å². The fraction of sp³-hybridized carbons (Fsp3) is 0.750. The summed E-state index contributed by atoms with van der Waals surface area (Å²) in [6, 6.07) is 0. The molecule has 1 aliphatic heterocycles. The maximum atomic E-state index is 12.2. The Kier molecular flexibility index (Phi) is 5.46. The van der Waals surface area contributed by atoms with Crippen LogP contribution < -0.4 is 5.73 Å². The number of hydrogen-bond donors (Lipinski definition) is 1. The van der Waals surface area contributed by atoms with Crippen LogP contribution in [0.2, 0.25) is 0 Å². The van der Waals surface area contributed by atoms with E-state index in [-0.39, 0.29) is 17.8 Å². The van der Waals surface area contributed by atoms with Crippen LogP contribution in [-0.2, 0) is 13.1 Å². The minimum absolute atomic E-state index is 0. The Balaban J connectivity index is 0.00000200. The Morgan fingerprint density at radius 1 is 1.45 bits per heavy atom. The fourth-order valence-corrected chi connectivity index (χ4v) is 2.44. The van der Waals surface area contributed by atoms with E-state index in [4.69, 9.17) is 5.73 Å². The quantitative estimate of drug-likeness (QED) is 0.925. The van der Waals surface area contributed by atoms with Crippen LogP contribution >= 0.6 is 12.4 Å². The summed E-state index contributed by atoms with van der Waals surface area (Å²) in [7, 11) is 0. The van der Waals surface area contributed by atoms with E-state index in [0.717, 1.165) is 29.8 Å². The van der Waals surface area contributed by atoms with E-state index >= 15 is 0 Å². The maximum Gasteiger partial charge on any atom is 0.408 e. The summed E-state index contributed by atoms with van der Waals surface area (Å²) >= 11 is 0. The van der Waals surface area contributed by atoms with Gasteiger partial charge in [0.05, 0.1) is 6.20 Å². The molecule has 0 saturated carbocycles. The van der Waals surface area contributed by atoms with E-state index in [1.165, 1.54) is 12.4 Å². The van der Waals surface area contributed by atoms with Crippen molar-refractivity contribution in [3.63, 3.8) is 0 Å². The van der Waals surface area contributed by atoms with Crippen LogP contribution in [0.3, 0.4) is 0 Å². The monoisotopic (exact) mass is 312 g/mol. The van der Waals surface area contributed by atoms with E-state index in [9.17, 15) is 13.2 Å². The molecule has 0 aromatic carbocycles. The van der Waals surface area contributed by atoms with Gasteiger partial charge >= 0.3 is 6.18 Å². The van der Waals surface area contributed by atoms with Crippen LogP contribution in [0.4, 0.5) is 13.2 Å². The van der Waals surface area contributed by atoms with Gasteiger partial charge in [0, 0.05) is 24.8 Å². The Hall–Kier alpha value is -0.790. The van der Waals surface area contributed by atoms with E-state index in [2.05, 4.69) is 16.9 Å². The maximum absolute atomic E-state index is 12.2. The van der Waals surface area contributed by atoms with Crippen molar-refractivity contribution in [3.8, 4) is 0 Å². The lowest BCUT2D eigenvalue weighted by Gasteiger charge is -2.22. The lowest BCUT2D eigenvalue weighted by atomic mass is 9.90. The third-order valence-electron chi connectivity index (χ3n) is 3.56. The van der Waals surface area contributed by atoms with Crippen molar-refractivity contribution in [2.45, 2.75) is 32.6 Å². The molecule has 2 rings (SSSR count). The number of aromatic nitrogens is 2. The van der Waals surface area contributed by atoms with E-state index in [0.29, 0.717) is 13.1 Å². The average molecular weight is 313 g/mol. The summed E-state index contributed by atoms with van der Waals surface area (Å²) in [5.41, 5.74) is 6.67. The molecule has 1 fully saturated rings. The van der Waals surface area contributed by atoms with E-state index in [1.807, 2.05) is 0 Å². The summed E-state index contributed by atoms with van der Waals surface area (Å²) in [5, 5.41) is 3.75. The van der Waals surface area contributed by atoms with Crippen LogP contribution in [0.1, 0.15) is 18.9 Å². The van der Waals surface area contributed by atoms with Gasteiger partial charge in [-0.25, -0.2) is 0 Å². The standard InChI is InChI=1S/C12H19F3N4.ClH/c1-11(7-16)2-3-18(8-11)5-10-4-17-19(6-10)9-12(13,14)15;/h4,6H,2-3,5,7-9,16H2,1H3;1H. The van der Waals surface area contributed by atoms with Crippen LogP contribution in [0.15, 0.2) is 12.4 Å². The van der Waals surface area contributed by atoms with Gasteiger partial charge in [0.25, 0.3) is 0 Å². The highest BCUT2D eigenvalue weighted by molar-refractivity contribution is 5.85. The minimum Gasteiger partial charge on any atom is -0.330 e. The molecular weight excluding hydrogens is 293 g/mol. The highest BCUT2D eigenvalue weighted by atomic mass is 35.5. The zero-order valence-electron chi connectivity index (χ0n) is 11.4. The predicted octanol–water partition coefficient (Wildman–Crippen LogP) is 2.04. The minimum atomic E-state index is -4.23. The molecule has 0 aliphatic carbocycles. The first-order valence-electron chi connectivity index (χ1n) is 6.30. The number of nitrogens with zero attached hydrogens (tertiary/aromatic N) is 3. The molecule has 1 atom stereocenters. The number of likely N-dealkylation sites (tertiary alicyclic amines) is 1. The molecule has 1 aliphatic rings. The van der Waals surface area contributed by atoms with Crippen LogP contribution in [-0.4, -0.2) is 40.5 Å². The normalized spacial score (nSPS) is 23.9. The number of halogens is 4. The first-order valence-corrected chi connectivity index (χ1v) is 6.30.